The van der Waals surface area contributed by atoms with E-state index in [1.165, 1.54) is 38.5 Å². The summed E-state index contributed by atoms with van der Waals surface area (Å²) in [6.45, 7) is 4.57. The monoisotopic (exact) mass is 414 g/mol. The van der Waals surface area contributed by atoms with E-state index < -0.39 is 18.4 Å². The van der Waals surface area contributed by atoms with E-state index >= 15 is 0 Å². The SMILES string of the molecule is CCCC1CCC(CC(O)C2CCC(C3CCC(OCC)C(F)C3F)CC2)CC1. The van der Waals surface area contributed by atoms with Gasteiger partial charge < -0.3 is 9.84 Å². The van der Waals surface area contributed by atoms with Crippen molar-refractivity contribution in [1.82, 2.24) is 0 Å². The second-order valence-electron chi connectivity index (χ2n) is 10.3. The molecule has 0 aliphatic heterocycles. The Labute approximate surface area is 177 Å². The Morgan fingerprint density at radius 3 is 2.10 bits per heavy atom. The molecule has 3 fully saturated rings. The van der Waals surface area contributed by atoms with Gasteiger partial charge in [0, 0.05) is 6.61 Å². The smallest absolute Gasteiger partial charge is 0.157 e. The lowest BCUT2D eigenvalue weighted by molar-refractivity contribution is -0.0861. The van der Waals surface area contributed by atoms with E-state index in [4.69, 9.17) is 4.74 Å². The van der Waals surface area contributed by atoms with Crippen molar-refractivity contribution in [2.24, 2.45) is 29.6 Å². The third kappa shape index (κ3) is 6.15. The Bertz CT molecular complexity index is 458. The molecule has 1 N–H and O–H groups in total. The summed E-state index contributed by atoms with van der Waals surface area (Å²) >= 11 is 0. The van der Waals surface area contributed by atoms with Gasteiger partial charge in [-0.15, -0.1) is 0 Å². The maximum atomic E-state index is 14.7. The zero-order valence-corrected chi connectivity index (χ0v) is 18.7. The van der Waals surface area contributed by atoms with Crippen LogP contribution in [0.25, 0.3) is 0 Å². The minimum absolute atomic E-state index is 0.159. The summed E-state index contributed by atoms with van der Waals surface area (Å²) in [5, 5.41) is 10.8. The van der Waals surface area contributed by atoms with Crippen LogP contribution in [0, 0.1) is 29.6 Å². The van der Waals surface area contributed by atoms with E-state index in [0.717, 1.165) is 44.4 Å². The van der Waals surface area contributed by atoms with E-state index in [1.54, 1.807) is 0 Å². The van der Waals surface area contributed by atoms with Crippen LogP contribution in [0.5, 0.6) is 0 Å². The van der Waals surface area contributed by atoms with Crippen molar-refractivity contribution in [3.8, 4) is 0 Å². The standard InChI is InChI=1S/C25H44F2O2/c1-3-5-17-6-8-18(9-7-17)16-22(28)20-12-10-19(11-13-20)21-14-15-23(29-4-2)25(27)24(21)26/h17-25,28H,3-16H2,1-2H3. The molecule has 0 aromatic rings. The van der Waals surface area contributed by atoms with Crippen LogP contribution in [-0.2, 0) is 4.74 Å². The first kappa shape index (κ1) is 23.4. The summed E-state index contributed by atoms with van der Waals surface area (Å²) < 4.78 is 34.6. The Hall–Kier alpha value is -0.220. The van der Waals surface area contributed by atoms with E-state index in [1.807, 2.05) is 6.92 Å². The molecule has 0 aromatic heterocycles. The quantitative estimate of drug-likeness (QED) is 0.482. The zero-order chi connectivity index (χ0) is 20.8. The summed E-state index contributed by atoms with van der Waals surface area (Å²) in [4.78, 5) is 0. The van der Waals surface area contributed by atoms with Gasteiger partial charge in [0.05, 0.1) is 12.2 Å². The Kier molecular flexibility index (Phi) is 9.23. The first-order chi connectivity index (χ1) is 14.0. The van der Waals surface area contributed by atoms with Gasteiger partial charge in [0.15, 0.2) is 6.17 Å². The van der Waals surface area contributed by atoms with Gasteiger partial charge in [-0.25, -0.2) is 8.78 Å². The summed E-state index contributed by atoms with van der Waals surface area (Å²) in [5.41, 5.74) is 0. The van der Waals surface area contributed by atoms with Crippen molar-refractivity contribution >= 4 is 0 Å². The molecule has 5 atom stereocenters. The van der Waals surface area contributed by atoms with Crippen molar-refractivity contribution in [3.05, 3.63) is 0 Å². The van der Waals surface area contributed by atoms with Crippen LogP contribution in [0.2, 0.25) is 0 Å². The van der Waals surface area contributed by atoms with Gasteiger partial charge in [-0.05, 0) is 81.5 Å². The maximum Gasteiger partial charge on any atom is 0.157 e. The van der Waals surface area contributed by atoms with Crippen LogP contribution in [-0.4, -0.2) is 36.3 Å². The molecular formula is C25H44F2O2. The normalized spacial score (nSPS) is 42.5. The number of aliphatic hydroxyl groups excluding tert-OH is 1. The highest BCUT2D eigenvalue weighted by atomic mass is 19.2. The van der Waals surface area contributed by atoms with E-state index in [0.29, 0.717) is 24.9 Å². The fraction of sp³-hybridized carbons (Fsp3) is 1.00. The van der Waals surface area contributed by atoms with Gasteiger partial charge in [-0.1, -0.05) is 45.4 Å². The van der Waals surface area contributed by atoms with Gasteiger partial charge in [-0.2, -0.15) is 0 Å². The van der Waals surface area contributed by atoms with Crippen molar-refractivity contribution in [3.63, 3.8) is 0 Å². The zero-order valence-electron chi connectivity index (χ0n) is 18.7. The van der Waals surface area contributed by atoms with Crippen molar-refractivity contribution in [2.75, 3.05) is 6.61 Å². The Morgan fingerprint density at radius 1 is 0.828 bits per heavy atom. The highest BCUT2D eigenvalue weighted by molar-refractivity contribution is 4.93. The van der Waals surface area contributed by atoms with Crippen LogP contribution >= 0.6 is 0 Å². The van der Waals surface area contributed by atoms with Crippen molar-refractivity contribution < 1.29 is 18.6 Å². The predicted molar refractivity (Wildman–Crippen MR) is 114 cm³/mol. The number of rotatable bonds is 8. The number of alkyl halides is 2. The van der Waals surface area contributed by atoms with Crippen molar-refractivity contribution in [2.45, 2.75) is 122 Å². The number of aliphatic hydroxyl groups is 1. The number of ether oxygens (including phenoxy) is 1. The third-order valence-corrected chi connectivity index (χ3v) is 8.44. The maximum absolute atomic E-state index is 14.7. The number of hydrogen-bond donors (Lipinski definition) is 1. The van der Waals surface area contributed by atoms with Gasteiger partial charge >= 0.3 is 0 Å². The molecule has 0 heterocycles. The molecule has 0 amide bonds. The number of halogens is 2. The van der Waals surface area contributed by atoms with E-state index in [-0.39, 0.29) is 17.9 Å². The molecule has 0 spiro atoms. The largest absolute Gasteiger partial charge is 0.393 e. The van der Waals surface area contributed by atoms with Crippen LogP contribution in [0.1, 0.15) is 97.3 Å². The summed E-state index contributed by atoms with van der Waals surface area (Å²) in [6, 6.07) is 0. The fourth-order valence-electron chi connectivity index (χ4n) is 6.66. The molecule has 0 saturated heterocycles. The molecule has 3 rings (SSSR count). The van der Waals surface area contributed by atoms with Crippen LogP contribution < -0.4 is 0 Å². The number of hydrogen-bond acceptors (Lipinski definition) is 2. The first-order valence-corrected chi connectivity index (χ1v) is 12.6. The average molecular weight is 415 g/mol. The Balaban J connectivity index is 1.40. The predicted octanol–water partition coefficient (Wildman–Crippen LogP) is 6.64. The molecule has 29 heavy (non-hydrogen) atoms. The van der Waals surface area contributed by atoms with E-state index in [9.17, 15) is 13.9 Å². The highest BCUT2D eigenvalue weighted by Crippen LogP contribution is 2.44. The van der Waals surface area contributed by atoms with Gasteiger partial charge in [0.1, 0.15) is 6.17 Å². The second kappa shape index (κ2) is 11.4. The average Bonchev–Trinajstić information content (AvgIpc) is 2.73. The molecule has 3 aliphatic carbocycles. The molecule has 0 radical (unpaired) electrons. The molecule has 0 aromatic carbocycles. The minimum Gasteiger partial charge on any atom is -0.393 e. The molecule has 3 aliphatic rings. The highest BCUT2D eigenvalue weighted by Gasteiger charge is 2.44. The topological polar surface area (TPSA) is 29.5 Å². The summed E-state index contributed by atoms with van der Waals surface area (Å²) in [6.07, 6.45) is 10.5. The summed E-state index contributed by atoms with van der Waals surface area (Å²) in [7, 11) is 0. The summed E-state index contributed by atoms with van der Waals surface area (Å²) in [5.74, 6) is 2.08. The van der Waals surface area contributed by atoms with Crippen LogP contribution in [0.15, 0.2) is 0 Å². The van der Waals surface area contributed by atoms with Crippen LogP contribution in [0.4, 0.5) is 8.78 Å². The van der Waals surface area contributed by atoms with E-state index in [2.05, 4.69) is 6.92 Å². The lowest BCUT2D eigenvalue weighted by Gasteiger charge is -2.42. The molecule has 2 nitrogen and oxygen atoms in total. The van der Waals surface area contributed by atoms with Gasteiger partial charge in [0.25, 0.3) is 0 Å². The lowest BCUT2D eigenvalue weighted by atomic mass is 9.67. The van der Waals surface area contributed by atoms with Gasteiger partial charge in [0.2, 0.25) is 0 Å². The lowest BCUT2D eigenvalue weighted by Crippen LogP contribution is -2.46. The Morgan fingerprint density at radius 2 is 1.48 bits per heavy atom. The van der Waals surface area contributed by atoms with Crippen molar-refractivity contribution in [1.29, 1.82) is 0 Å². The van der Waals surface area contributed by atoms with Gasteiger partial charge in [-0.3, -0.25) is 0 Å². The minimum atomic E-state index is -1.47. The molecule has 3 saturated carbocycles. The second-order valence-corrected chi connectivity index (χ2v) is 10.3. The third-order valence-electron chi connectivity index (χ3n) is 8.44. The molecule has 5 unspecified atom stereocenters. The fourth-order valence-corrected chi connectivity index (χ4v) is 6.66. The first-order valence-electron chi connectivity index (χ1n) is 12.6. The molecule has 4 heteroatoms. The molecular weight excluding hydrogens is 370 g/mol. The molecule has 170 valence electrons. The van der Waals surface area contributed by atoms with Crippen LogP contribution in [0.3, 0.4) is 0 Å². The molecule has 0 bridgehead atoms.